The Morgan fingerprint density at radius 2 is 1.56 bits per heavy atom. The lowest BCUT2D eigenvalue weighted by molar-refractivity contribution is -0.156. The molecule has 3 aromatic rings. The molecular weight excluding hydrogens is 471 g/mol. The highest BCUT2D eigenvalue weighted by atomic mass is 35.5. The highest BCUT2D eigenvalue weighted by Gasteiger charge is 2.20. The molecule has 0 bridgehead atoms. The molecule has 0 aromatic heterocycles. The van der Waals surface area contributed by atoms with Crippen LogP contribution in [0.4, 0.5) is 0 Å². The van der Waals surface area contributed by atoms with Gasteiger partial charge in [0.1, 0.15) is 12.4 Å². The quantitative estimate of drug-likeness (QED) is 0.261. The maximum atomic E-state index is 12.0. The molecule has 0 fully saturated rings. The van der Waals surface area contributed by atoms with Gasteiger partial charge in [-0.05, 0) is 72.5 Å². The van der Waals surface area contributed by atoms with Crippen molar-refractivity contribution in [3.8, 4) is 16.9 Å². The third-order valence-corrected chi connectivity index (χ3v) is 5.46. The molecular formula is C28H28Cl2O4. The van der Waals surface area contributed by atoms with Gasteiger partial charge < -0.3 is 14.2 Å². The lowest BCUT2D eigenvalue weighted by Crippen LogP contribution is -2.28. The third kappa shape index (κ3) is 7.91. The van der Waals surface area contributed by atoms with E-state index in [2.05, 4.69) is 0 Å². The predicted molar refractivity (Wildman–Crippen MR) is 139 cm³/mol. The van der Waals surface area contributed by atoms with Crippen LogP contribution in [-0.2, 0) is 20.7 Å². The fraction of sp³-hybridized carbons (Fsp3) is 0.250. The van der Waals surface area contributed by atoms with E-state index in [1.54, 1.807) is 13.0 Å². The minimum Gasteiger partial charge on any atom is -0.490 e. The Balaban J connectivity index is 1.51. The van der Waals surface area contributed by atoms with Gasteiger partial charge in [0.05, 0.1) is 6.61 Å². The molecule has 0 N–H and O–H groups in total. The van der Waals surface area contributed by atoms with E-state index in [9.17, 15) is 4.79 Å². The van der Waals surface area contributed by atoms with Gasteiger partial charge in [0.25, 0.3) is 0 Å². The van der Waals surface area contributed by atoms with Crippen LogP contribution in [0.25, 0.3) is 17.2 Å². The molecule has 0 aliphatic heterocycles. The van der Waals surface area contributed by atoms with E-state index in [-0.39, 0.29) is 5.97 Å². The standard InChI is InChI=1S/C28H28Cl2O4/c1-3-32-27(28(31)33-4-2)16-21-9-13-26(14-10-21)34-15-5-6-20-7-11-22(12-8-20)23-17-24(29)19-25(30)18-23/h5-14,17-19,27H,3-4,15-16H2,1-2H3/b6-5+. The molecule has 1 unspecified atom stereocenters. The number of hydrogen-bond acceptors (Lipinski definition) is 4. The van der Waals surface area contributed by atoms with Crippen molar-refractivity contribution < 1.29 is 19.0 Å². The average Bonchev–Trinajstić information content (AvgIpc) is 2.82. The van der Waals surface area contributed by atoms with Crippen molar-refractivity contribution in [2.24, 2.45) is 0 Å². The van der Waals surface area contributed by atoms with Crippen LogP contribution < -0.4 is 4.74 Å². The summed E-state index contributed by atoms with van der Waals surface area (Å²) in [7, 11) is 0. The fourth-order valence-electron chi connectivity index (χ4n) is 3.42. The number of halogens is 2. The van der Waals surface area contributed by atoms with E-state index >= 15 is 0 Å². The van der Waals surface area contributed by atoms with E-state index in [4.69, 9.17) is 37.4 Å². The summed E-state index contributed by atoms with van der Waals surface area (Å²) in [6, 6.07) is 21.3. The summed E-state index contributed by atoms with van der Waals surface area (Å²) >= 11 is 12.2. The van der Waals surface area contributed by atoms with Crippen molar-refractivity contribution in [1.82, 2.24) is 0 Å². The smallest absolute Gasteiger partial charge is 0.335 e. The summed E-state index contributed by atoms with van der Waals surface area (Å²) in [6.07, 6.45) is 3.84. The highest BCUT2D eigenvalue weighted by molar-refractivity contribution is 6.35. The number of ether oxygens (including phenoxy) is 3. The van der Waals surface area contributed by atoms with Gasteiger partial charge in [-0.2, -0.15) is 0 Å². The Bertz CT molecular complexity index is 1070. The van der Waals surface area contributed by atoms with Gasteiger partial charge in [-0.15, -0.1) is 0 Å². The van der Waals surface area contributed by atoms with Crippen LogP contribution >= 0.6 is 23.2 Å². The molecule has 0 heterocycles. The number of benzene rings is 3. The Hall–Kier alpha value is -2.79. The van der Waals surface area contributed by atoms with Gasteiger partial charge in [0.2, 0.25) is 0 Å². The van der Waals surface area contributed by atoms with Crippen LogP contribution in [-0.4, -0.2) is 31.9 Å². The van der Waals surface area contributed by atoms with Crippen LogP contribution in [0.2, 0.25) is 10.0 Å². The summed E-state index contributed by atoms with van der Waals surface area (Å²) < 4.78 is 16.4. The first-order chi connectivity index (χ1) is 16.5. The van der Waals surface area contributed by atoms with Gasteiger partial charge in [0.15, 0.2) is 6.10 Å². The third-order valence-electron chi connectivity index (χ3n) is 5.02. The Morgan fingerprint density at radius 3 is 2.18 bits per heavy atom. The van der Waals surface area contributed by atoms with E-state index < -0.39 is 6.10 Å². The summed E-state index contributed by atoms with van der Waals surface area (Å²) in [5.74, 6) is 0.421. The fourth-order valence-corrected chi connectivity index (χ4v) is 3.94. The number of esters is 1. The van der Waals surface area contributed by atoms with Crippen molar-refractivity contribution in [2.75, 3.05) is 19.8 Å². The SMILES string of the molecule is CCOC(=O)C(Cc1ccc(OC/C=C/c2ccc(-c3cc(Cl)cc(Cl)c3)cc2)cc1)OCC. The lowest BCUT2D eigenvalue weighted by atomic mass is 10.0. The number of carbonyl (C=O) groups excluding carboxylic acids is 1. The van der Waals surface area contributed by atoms with Crippen molar-refractivity contribution >= 4 is 35.2 Å². The summed E-state index contributed by atoms with van der Waals surface area (Å²) in [5.41, 5.74) is 4.08. The van der Waals surface area contributed by atoms with Gasteiger partial charge in [-0.3, -0.25) is 0 Å². The van der Waals surface area contributed by atoms with Gasteiger partial charge in [-0.25, -0.2) is 4.79 Å². The monoisotopic (exact) mass is 498 g/mol. The van der Waals surface area contributed by atoms with Crippen molar-refractivity contribution in [3.05, 3.63) is 94.0 Å². The van der Waals surface area contributed by atoms with Crippen molar-refractivity contribution in [3.63, 3.8) is 0 Å². The Labute approximate surface area is 211 Å². The van der Waals surface area contributed by atoms with Gasteiger partial charge in [0, 0.05) is 23.1 Å². The molecule has 0 saturated carbocycles. The molecule has 0 aliphatic carbocycles. The van der Waals surface area contributed by atoms with Crippen molar-refractivity contribution in [2.45, 2.75) is 26.4 Å². The minimum atomic E-state index is -0.595. The van der Waals surface area contributed by atoms with Gasteiger partial charge >= 0.3 is 5.97 Å². The maximum absolute atomic E-state index is 12.0. The molecule has 0 spiro atoms. The normalized spacial score (nSPS) is 12.0. The molecule has 3 aromatic carbocycles. The van der Waals surface area contributed by atoms with Gasteiger partial charge in [-0.1, -0.05) is 65.7 Å². The molecule has 34 heavy (non-hydrogen) atoms. The second-order valence-corrected chi connectivity index (χ2v) is 8.41. The molecule has 0 aliphatic rings. The second-order valence-electron chi connectivity index (χ2n) is 7.54. The molecule has 0 amide bonds. The predicted octanol–water partition coefficient (Wildman–Crippen LogP) is 7.26. The first-order valence-electron chi connectivity index (χ1n) is 11.2. The Morgan fingerprint density at radius 1 is 0.882 bits per heavy atom. The van der Waals surface area contributed by atoms with E-state index in [0.717, 1.165) is 28.0 Å². The van der Waals surface area contributed by atoms with Crippen LogP contribution in [0, 0.1) is 0 Å². The van der Waals surface area contributed by atoms with Crippen LogP contribution in [0.1, 0.15) is 25.0 Å². The van der Waals surface area contributed by atoms with E-state index in [0.29, 0.717) is 36.3 Å². The minimum absolute atomic E-state index is 0.334. The van der Waals surface area contributed by atoms with Crippen LogP contribution in [0.5, 0.6) is 5.75 Å². The first-order valence-corrected chi connectivity index (χ1v) is 12.0. The largest absolute Gasteiger partial charge is 0.490 e. The van der Waals surface area contributed by atoms with Crippen LogP contribution in [0.15, 0.2) is 72.8 Å². The summed E-state index contributed by atoms with van der Waals surface area (Å²) in [4.78, 5) is 12.0. The molecule has 3 rings (SSSR count). The number of hydrogen-bond donors (Lipinski definition) is 0. The zero-order chi connectivity index (χ0) is 24.3. The van der Waals surface area contributed by atoms with Crippen LogP contribution in [0.3, 0.4) is 0 Å². The molecule has 6 heteroatoms. The number of rotatable bonds is 11. The molecule has 178 valence electrons. The number of carbonyl (C=O) groups is 1. The lowest BCUT2D eigenvalue weighted by Gasteiger charge is -2.15. The van der Waals surface area contributed by atoms with E-state index in [1.807, 2.05) is 79.7 Å². The highest BCUT2D eigenvalue weighted by Crippen LogP contribution is 2.27. The summed E-state index contributed by atoms with van der Waals surface area (Å²) in [6.45, 7) is 4.88. The molecule has 0 radical (unpaired) electrons. The average molecular weight is 499 g/mol. The zero-order valence-electron chi connectivity index (χ0n) is 19.3. The molecule has 4 nitrogen and oxygen atoms in total. The topological polar surface area (TPSA) is 44.8 Å². The Kier molecular flexibility index (Phi) is 10.0. The second kappa shape index (κ2) is 13.2. The summed E-state index contributed by atoms with van der Waals surface area (Å²) in [5, 5.41) is 1.23. The molecule has 0 saturated heterocycles. The maximum Gasteiger partial charge on any atom is 0.335 e. The zero-order valence-corrected chi connectivity index (χ0v) is 20.8. The van der Waals surface area contributed by atoms with E-state index in [1.165, 1.54) is 0 Å². The van der Waals surface area contributed by atoms with Crippen molar-refractivity contribution in [1.29, 1.82) is 0 Å². The molecule has 1 atom stereocenters. The first kappa shape index (κ1) is 25.8.